The Kier molecular flexibility index (Phi) is 6.49. The predicted octanol–water partition coefficient (Wildman–Crippen LogP) is 3.04. The Morgan fingerprint density at radius 3 is 2.94 bits per heavy atom. The Bertz CT molecular complexity index is 393. The first-order valence-electron chi connectivity index (χ1n) is 5.96. The van der Waals surface area contributed by atoms with E-state index in [0.717, 1.165) is 23.0 Å². The molecule has 1 N–H and O–H groups in total. The number of rotatable bonds is 7. The van der Waals surface area contributed by atoms with Crippen molar-refractivity contribution in [1.82, 2.24) is 4.37 Å². The van der Waals surface area contributed by atoms with Crippen LogP contribution in [0.1, 0.15) is 29.9 Å². The molecule has 102 valence electrons. The Morgan fingerprint density at radius 1 is 1.61 bits per heavy atom. The van der Waals surface area contributed by atoms with E-state index < -0.39 is 0 Å². The van der Waals surface area contributed by atoms with E-state index in [1.807, 2.05) is 18.7 Å². The highest BCUT2D eigenvalue weighted by Gasteiger charge is 2.19. The number of hydrogen-bond donors (Lipinski definition) is 1. The highest BCUT2D eigenvalue weighted by molar-refractivity contribution is 7.98. The zero-order valence-corrected chi connectivity index (χ0v) is 12.9. The van der Waals surface area contributed by atoms with Gasteiger partial charge < -0.3 is 10.1 Å². The molecule has 0 spiro atoms. The number of aryl methyl sites for hydroxylation is 1. The van der Waals surface area contributed by atoms with Crippen LogP contribution in [0.2, 0.25) is 0 Å². The topological polar surface area (TPSA) is 51.2 Å². The number of thioether (sulfide) groups is 1. The molecule has 1 atom stereocenters. The van der Waals surface area contributed by atoms with Crippen LogP contribution in [-0.2, 0) is 4.74 Å². The molecule has 0 radical (unpaired) electrons. The first kappa shape index (κ1) is 15.3. The number of hydrogen-bond acceptors (Lipinski definition) is 6. The van der Waals surface area contributed by atoms with Gasteiger partial charge in [-0.05, 0) is 43.3 Å². The van der Waals surface area contributed by atoms with Crippen molar-refractivity contribution in [2.45, 2.75) is 20.8 Å². The molecule has 1 unspecified atom stereocenters. The summed E-state index contributed by atoms with van der Waals surface area (Å²) in [6.07, 6.45) is 2.09. The average Bonchev–Trinajstić information content (AvgIpc) is 2.68. The van der Waals surface area contributed by atoms with Gasteiger partial charge >= 0.3 is 5.97 Å². The van der Waals surface area contributed by atoms with Gasteiger partial charge in [0.25, 0.3) is 0 Å². The smallest absolute Gasteiger partial charge is 0.343 e. The summed E-state index contributed by atoms with van der Waals surface area (Å²) < 4.78 is 9.26. The number of ether oxygens (including phenoxy) is 1. The van der Waals surface area contributed by atoms with Crippen LogP contribution in [0.15, 0.2) is 0 Å². The van der Waals surface area contributed by atoms with Gasteiger partial charge in [0.1, 0.15) is 10.6 Å². The maximum atomic E-state index is 11.8. The van der Waals surface area contributed by atoms with E-state index in [9.17, 15) is 4.79 Å². The van der Waals surface area contributed by atoms with Crippen LogP contribution in [0.4, 0.5) is 5.00 Å². The minimum atomic E-state index is -0.288. The molecule has 0 aliphatic heterocycles. The maximum absolute atomic E-state index is 11.8. The zero-order chi connectivity index (χ0) is 13.5. The lowest BCUT2D eigenvalue weighted by Crippen LogP contribution is -2.15. The van der Waals surface area contributed by atoms with Crippen LogP contribution >= 0.6 is 23.3 Å². The lowest BCUT2D eigenvalue weighted by atomic mass is 10.2. The summed E-state index contributed by atoms with van der Waals surface area (Å²) >= 11 is 3.15. The molecule has 0 aliphatic carbocycles. The number of nitrogens with one attached hydrogen (secondary N) is 1. The molecular formula is C12H20N2O2S2. The van der Waals surface area contributed by atoms with Gasteiger partial charge in [0, 0.05) is 6.54 Å². The van der Waals surface area contributed by atoms with Crippen LogP contribution in [0, 0.1) is 12.8 Å². The number of carbonyl (C=O) groups is 1. The van der Waals surface area contributed by atoms with Crippen molar-refractivity contribution >= 4 is 34.3 Å². The lowest BCUT2D eigenvalue weighted by Gasteiger charge is -2.11. The Balaban J connectivity index is 2.68. The summed E-state index contributed by atoms with van der Waals surface area (Å²) in [5, 5.41) is 4.12. The number of anilines is 1. The fourth-order valence-corrected chi connectivity index (χ4v) is 3.02. The number of carbonyl (C=O) groups excluding carboxylic acids is 1. The van der Waals surface area contributed by atoms with Crippen molar-refractivity contribution in [3.8, 4) is 0 Å². The Hall–Kier alpha value is -0.750. The third-order valence-electron chi connectivity index (χ3n) is 2.40. The van der Waals surface area contributed by atoms with Gasteiger partial charge in [-0.25, -0.2) is 4.79 Å². The predicted molar refractivity (Wildman–Crippen MR) is 78.8 cm³/mol. The van der Waals surface area contributed by atoms with E-state index >= 15 is 0 Å². The van der Waals surface area contributed by atoms with E-state index in [-0.39, 0.29) is 5.97 Å². The van der Waals surface area contributed by atoms with Crippen LogP contribution in [0.3, 0.4) is 0 Å². The molecule has 0 saturated heterocycles. The quantitative estimate of drug-likeness (QED) is 0.782. The molecule has 1 aromatic heterocycles. The Morgan fingerprint density at radius 2 is 2.33 bits per heavy atom. The van der Waals surface area contributed by atoms with Crippen LogP contribution in [-0.4, -0.2) is 35.5 Å². The fraction of sp³-hybridized carbons (Fsp3) is 0.667. The fourth-order valence-electron chi connectivity index (χ4n) is 1.54. The summed E-state index contributed by atoms with van der Waals surface area (Å²) in [4.78, 5) is 11.8. The molecule has 1 heterocycles. The molecule has 0 saturated carbocycles. The molecule has 0 aliphatic rings. The second kappa shape index (κ2) is 7.63. The third kappa shape index (κ3) is 4.17. The van der Waals surface area contributed by atoms with E-state index in [1.165, 1.54) is 11.5 Å². The lowest BCUT2D eigenvalue weighted by molar-refractivity contribution is 0.0527. The van der Waals surface area contributed by atoms with E-state index in [2.05, 4.69) is 22.9 Å². The minimum Gasteiger partial charge on any atom is -0.462 e. The zero-order valence-electron chi connectivity index (χ0n) is 11.3. The molecule has 1 aromatic rings. The van der Waals surface area contributed by atoms with Crippen molar-refractivity contribution < 1.29 is 9.53 Å². The van der Waals surface area contributed by atoms with Gasteiger partial charge in [-0.1, -0.05) is 6.92 Å². The van der Waals surface area contributed by atoms with Crippen molar-refractivity contribution in [3.05, 3.63) is 11.3 Å². The van der Waals surface area contributed by atoms with Gasteiger partial charge in [0.15, 0.2) is 0 Å². The summed E-state index contributed by atoms with van der Waals surface area (Å²) in [6, 6.07) is 0. The monoisotopic (exact) mass is 288 g/mol. The summed E-state index contributed by atoms with van der Waals surface area (Å²) in [6.45, 7) is 7.05. The third-order valence-corrected chi connectivity index (χ3v) is 4.20. The second-order valence-corrected chi connectivity index (χ2v) is 5.82. The number of nitrogens with zero attached hydrogens (tertiary/aromatic N) is 1. The number of esters is 1. The van der Waals surface area contributed by atoms with Gasteiger partial charge in [0.2, 0.25) is 0 Å². The molecule has 6 heteroatoms. The van der Waals surface area contributed by atoms with Crippen molar-refractivity contribution in [1.29, 1.82) is 0 Å². The first-order valence-corrected chi connectivity index (χ1v) is 8.13. The van der Waals surface area contributed by atoms with Gasteiger partial charge in [0.05, 0.1) is 12.3 Å². The van der Waals surface area contributed by atoms with E-state index in [1.54, 1.807) is 6.92 Å². The number of aromatic nitrogens is 1. The summed E-state index contributed by atoms with van der Waals surface area (Å²) in [5.74, 6) is 1.36. The molecule has 0 amide bonds. The average molecular weight is 288 g/mol. The summed E-state index contributed by atoms with van der Waals surface area (Å²) in [5.41, 5.74) is 1.32. The van der Waals surface area contributed by atoms with Crippen molar-refractivity contribution in [3.63, 3.8) is 0 Å². The highest BCUT2D eigenvalue weighted by atomic mass is 32.2. The maximum Gasteiger partial charge on any atom is 0.343 e. The standard InChI is InChI=1S/C12H20N2O2S2/c1-5-16-12(15)10-9(3)14-18-11(10)13-6-8(2)7-17-4/h8,13H,5-7H2,1-4H3. The molecule has 0 fully saturated rings. The summed E-state index contributed by atoms with van der Waals surface area (Å²) in [7, 11) is 0. The molecule has 0 bridgehead atoms. The molecule has 0 aromatic carbocycles. The Labute approximate surface area is 117 Å². The SMILES string of the molecule is CCOC(=O)c1c(C)nsc1NCC(C)CSC. The van der Waals surface area contributed by atoms with Crippen LogP contribution in [0.5, 0.6) is 0 Å². The molecular weight excluding hydrogens is 268 g/mol. The van der Waals surface area contributed by atoms with Gasteiger partial charge in [-0.3, -0.25) is 0 Å². The minimum absolute atomic E-state index is 0.288. The highest BCUT2D eigenvalue weighted by Crippen LogP contribution is 2.25. The largest absolute Gasteiger partial charge is 0.462 e. The van der Waals surface area contributed by atoms with Crippen LogP contribution in [0.25, 0.3) is 0 Å². The van der Waals surface area contributed by atoms with Crippen molar-refractivity contribution in [2.24, 2.45) is 5.92 Å². The van der Waals surface area contributed by atoms with Gasteiger partial charge in [-0.15, -0.1) is 0 Å². The van der Waals surface area contributed by atoms with E-state index in [0.29, 0.717) is 18.1 Å². The molecule has 18 heavy (non-hydrogen) atoms. The van der Waals surface area contributed by atoms with Crippen molar-refractivity contribution in [2.75, 3.05) is 30.5 Å². The van der Waals surface area contributed by atoms with Crippen LogP contribution < -0.4 is 5.32 Å². The molecule has 4 nitrogen and oxygen atoms in total. The normalized spacial score (nSPS) is 12.2. The first-order chi connectivity index (χ1) is 8.60. The second-order valence-electron chi connectivity index (χ2n) is 4.13. The van der Waals surface area contributed by atoms with E-state index in [4.69, 9.17) is 4.74 Å². The molecule has 1 rings (SSSR count). The van der Waals surface area contributed by atoms with Gasteiger partial charge in [-0.2, -0.15) is 16.1 Å².